The zero-order valence-electron chi connectivity index (χ0n) is 16.4. The van der Waals surface area contributed by atoms with Crippen molar-refractivity contribution in [3.63, 3.8) is 0 Å². The van der Waals surface area contributed by atoms with Gasteiger partial charge in [0.2, 0.25) is 10.0 Å². The molecule has 0 aliphatic carbocycles. The molecule has 4 rings (SSSR count). The molecule has 8 heteroatoms. The maximum absolute atomic E-state index is 13.3. The number of rotatable bonds is 5. The molecule has 1 N–H and O–H groups in total. The van der Waals surface area contributed by atoms with Crippen molar-refractivity contribution in [3.05, 3.63) is 88.2 Å². The third-order valence-corrected chi connectivity index (χ3v) is 7.55. The van der Waals surface area contributed by atoms with E-state index in [1.807, 2.05) is 0 Å². The summed E-state index contributed by atoms with van der Waals surface area (Å²) in [6.07, 6.45) is 0.401. The first-order chi connectivity index (χ1) is 14.8. The molecular weight excluding hydrogens is 441 g/mol. The van der Waals surface area contributed by atoms with Crippen molar-refractivity contribution in [2.75, 3.05) is 13.2 Å². The van der Waals surface area contributed by atoms with Gasteiger partial charge >= 0.3 is 0 Å². The van der Waals surface area contributed by atoms with E-state index in [9.17, 15) is 17.6 Å². The minimum atomic E-state index is -3.80. The van der Waals surface area contributed by atoms with Crippen LogP contribution in [0.1, 0.15) is 21.5 Å². The first-order valence-corrected chi connectivity index (χ1v) is 11.4. The smallest absolute Gasteiger partial charge is 0.243 e. The van der Waals surface area contributed by atoms with E-state index in [2.05, 4.69) is 0 Å². The lowest BCUT2D eigenvalue weighted by atomic mass is 9.97. The maximum Gasteiger partial charge on any atom is 0.243 e. The van der Waals surface area contributed by atoms with E-state index in [4.69, 9.17) is 16.7 Å². The molecule has 0 fully saturated rings. The summed E-state index contributed by atoms with van der Waals surface area (Å²) < 4.78 is 41.2. The normalized spacial score (nSPS) is 14.3. The second-order valence-electron chi connectivity index (χ2n) is 7.30. The minimum absolute atomic E-state index is 0.0882. The second-order valence-corrected chi connectivity index (χ2v) is 9.65. The Balaban J connectivity index is 1.65. The Bertz CT molecular complexity index is 1260. The molecule has 5 nitrogen and oxygen atoms in total. The van der Waals surface area contributed by atoms with Gasteiger partial charge in [-0.1, -0.05) is 35.9 Å². The molecule has 0 bridgehead atoms. The molecule has 0 saturated carbocycles. The van der Waals surface area contributed by atoms with Gasteiger partial charge in [0.05, 0.1) is 4.90 Å². The minimum Gasteiger partial charge on any atom is -0.388 e. The number of halogens is 2. The van der Waals surface area contributed by atoms with Crippen LogP contribution in [-0.2, 0) is 23.0 Å². The van der Waals surface area contributed by atoms with Gasteiger partial charge < -0.3 is 5.11 Å². The van der Waals surface area contributed by atoms with Crippen LogP contribution in [0.15, 0.2) is 65.6 Å². The van der Waals surface area contributed by atoms with Crippen molar-refractivity contribution in [1.82, 2.24) is 4.31 Å². The summed E-state index contributed by atoms with van der Waals surface area (Å²) in [4.78, 5) is 11.9. The Morgan fingerprint density at radius 1 is 1.06 bits per heavy atom. The van der Waals surface area contributed by atoms with E-state index in [1.54, 1.807) is 36.4 Å². The van der Waals surface area contributed by atoms with Gasteiger partial charge in [0.1, 0.15) is 12.4 Å². The van der Waals surface area contributed by atoms with Crippen molar-refractivity contribution < 1.29 is 22.7 Å². The van der Waals surface area contributed by atoms with Crippen molar-refractivity contribution >= 4 is 27.4 Å². The van der Waals surface area contributed by atoms with E-state index in [-0.39, 0.29) is 23.8 Å². The molecule has 0 aromatic heterocycles. The van der Waals surface area contributed by atoms with Gasteiger partial charge in [-0.2, -0.15) is 4.31 Å². The van der Waals surface area contributed by atoms with Gasteiger partial charge in [0, 0.05) is 23.7 Å². The maximum atomic E-state index is 13.3. The number of hydrogen-bond acceptors (Lipinski definition) is 4. The van der Waals surface area contributed by atoms with Crippen molar-refractivity contribution in [2.24, 2.45) is 0 Å². The van der Waals surface area contributed by atoms with Gasteiger partial charge in [0.25, 0.3) is 0 Å². The van der Waals surface area contributed by atoms with Crippen LogP contribution in [0.25, 0.3) is 11.1 Å². The Labute approximate surface area is 184 Å². The van der Waals surface area contributed by atoms with Gasteiger partial charge in [-0.05, 0) is 65.1 Å². The molecule has 0 atom stereocenters. The Morgan fingerprint density at radius 2 is 1.81 bits per heavy atom. The van der Waals surface area contributed by atoms with E-state index in [0.717, 1.165) is 5.56 Å². The van der Waals surface area contributed by atoms with Gasteiger partial charge in [-0.15, -0.1) is 0 Å². The number of aliphatic hydroxyl groups excluding tert-OH is 1. The number of carbonyl (C=O) groups is 1. The van der Waals surface area contributed by atoms with Crippen LogP contribution in [-0.4, -0.2) is 36.8 Å². The fourth-order valence-corrected chi connectivity index (χ4v) is 5.43. The van der Waals surface area contributed by atoms with Crippen LogP contribution < -0.4 is 0 Å². The molecule has 1 heterocycles. The summed E-state index contributed by atoms with van der Waals surface area (Å²) in [6, 6.07) is 15.5. The van der Waals surface area contributed by atoms with E-state index >= 15 is 0 Å². The number of carbonyl (C=O) groups excluding carboxylic acids is 1. The number of Topliss-reactive ketones (excluding diaryl/α,β-unsaturated/α-hetero) is 1. The van der Waals surface area contributed by atoms with Crippen LogP contribution in [0, 0.1) is 5.82 Å². The number of ketones is 1. The number of fused-ring (bicyclic) bond motifs is 1. The standard InChI is InChI=1S/C23H19ClFNO4S/c24-22-12-18(23(28)14-27)10-17-8-9-26(13-21(17)22)31(29,30)20-3-1-2-16(11-20)15-4-6-19(25)7-5-15/h1-7,10-12,27H,8-9,13-14H2. The van der Waals surface area contributed by atoms with Crippen LogP contribution in [0.3, 0.4) is 0 Å². The zero-order chi connectivity index (χ0) is 22.2. The first kappa shape index (κ1) is 21.6. The highest BCUT2D eigenvalue weighted by Gasteiger charge is 2.30. The number of hydrogen-bond donors (Lipinski definition) is 1. The summed E-state index contributed by atoms with van der Waals surface area (Å²) >= 11 is 6.34. The number of benzene rings is 3. The molecule has 1 aliphatic rings. The van der Waals surface area contributed by atoms with Crippen molar-refractivity contribution in [1.29, 1.82) is 0 Å². The molecule has 160 valence electrons. The van der Waals surface area contributed by atoms with Crippen LogP contribution in [0.4, 0.5) is 4.39 Å². The fraction of sp³-hybridized carbons (Fsp3) is 0.174. The summed E-state index contributed by atoms with van der Waals surface area (Å²) in [5, 5.41) is 9.38. The Hall–Kier alpha value is -2.58. The second kappa shape index (κ2) is 8.51. The van der Waals surface area contributed by atoms with Gasteiger partial charge in [0.15, 0.2) is 5.78 Å². The number of sulfonamides is 1. The van der Waals surface area contributed by atoms with Crippen LogP contribution in [0.2, 0.25) is 5.02 Å². The van der Waals surface area contributed by atoms with E-state index in [1.165, 1.54) is 28.6 Å². The van der Waals surface area contributed by atoms with Crippen LogP contribution in [0.5, 0.6) is 0 Å². The SMILES string of the molecule is O=C(CO)c1cc(Cl)c2c(c1)CCN(S(=O)(=O)c1cccc(-c3ccc(F)cc3)c1)C2. The molecule has 3 aromatic rings. The van der Waals surface area contributed by atoms with Crippen molar-refractivity contribution in [3.8, 4) is 11.1 Å². The first-order valence-electron chi connectivity index (χ1n) is 9.61. The molecule has 0 unspecified atom stereocenters. The largest absolute Gasteiger partial charge is 0.388 e. The molecule has 0 saturated heterocycles. The average molecular weight is 460 g/mol. The van der Waals surface area contributed by atoms with E-state index in [0.29, 0.717) is 33.7 Å². The zero-order valence-corrected chi connectivity index (χ0v) is 18.0. The quantitative estimate of drug-likeness (QED) is 0.584. The highest BCUT2D eigenvalue weighted by atomic mass is 35.5. The number of nitrogens with zero attached hydrogens (tertiary/aromatic N) is 1. The van der Waals surface area contributed by atoms with E-state index < -0.39 is 22.4 Å². The van der Waals surface area contributed by atoms with Gasteiger partial charge in [-0.25, -0.2) is 12.8 Å². The lowest BCUT2D eigenvalue weighted by molar-refractivity contribution is 0.0903. The van der Waals surface area contributed by atoms with Gasteiger partial charge in [-0.3, -0.25) is 4.79 Å². The summed E-state index contributed by atoms with van der Waals surface area (Å²) in [5.74, 6) is -0.794. The van der Waals surface area contributed by atoms with Crippen LogP contribution >= 0.6 is 11.6 Å². The highest BCUT2D eigenvalue weighted by Crippen LogP contribution is 2.32. The lowest BCUT2D eigenvalue weighted by Crippen LogP contribution is -2.36. The molecule has 31 heavy (non-hydrogen) atoms. The molecule has 1 aliphatic heterocycles. The Kier molecular flexibility index (Phi) is 5.94. The Morgan fingerprint density at radius 3 is 2.52 bits per heavy atom. The predicted molar refractivity (Wildman–Crippen MR) is 116 cm³/mol. The predicted octanol–water partition coefficient (Wildman–Crippen LogP) is 4.07. The third-order valence-electron chi connectivity index (χ3n) is 5.37. The lowest BCUT2D eigenvalue weighted by Gasteiger charge is -2.29. The third kappa shape index (κ3) is 4.27. The number of aliphatic hydroxyl groups is 1. The highest BCUT2D eigenvalue weighted by molar-refractivity contribution is 7.89. The molecule has 0 spiro atoms. The molecular formula is C23H19ClFNO4S. The fourth-order valence-electron chi connectivity index (χ4n) is 3.68. The molecule has 0 amide bonds. The monoisotopic (exact) mass is 459 g/mol. The van der Waals surface area contributed by atoms with Crippen molar-refractivity contribution in [2.45, 2.75) is 17.9 Å². The summed E-state index contributed by atoms with van der Waals surface area (Å²) in [6.45, 7) is -0.284. The molecule has 0 radical (unpaired) electrons. The summed E-state index contributed by atoms with van der Waals surface area (Å²) in [5.41, 5.74) is 3.15. The summed E-state index contributed by atoms with van der Waals surface area (Å²) in [7, 11) is -3.80. The topological polar surface area (TPSA) is 74.7 Å². The average Bonchev–Trinajstić information content (AvgIpc) is 2.78. The molecule has 3 aromatic carbocycles.